The van der Waals surface area contributed by atoms with Crippen LogP contribution >= 0.6 is 11.3 Å². The SMILES string of the molecule is COc1cc(/C=N\NC(=O)C(=O)Nc2nnc(-c3ccccc3)s2)ccc1OC(=O)c1ccc(C)cc1. The van der Waals surface area contributed by atoms with Crippen LogP contribution in [0.15, 0.2) is 77.9 Å². The van der Waals surface area contributed by atoms with Crippen molar-refractivity contribution < 1.29 is 23.9 Å². The van der Waals surface area contributed by atoms with E-state index in [1.54, 1.807) is 30.3 Å². The van der Waals surface area contributed by atoms with Crippen LogP contribution in [-0.2, 0) is 9.59 Å². The van der Waals surface area contributed by atoms with Gasteiger partial charge in [0.2, 0.25) is 5.13 Å². The standard InChI is InChI=1S/C26H21N5O5S/c1-16-8-11-19(12-9-16)25(34)36-20-13-10-17(14-21(20)35-2)15-27-29-23(33)22(32)28-26-31-30-24(37-26)18-6-4-3-5-7-18/h3-15H,1-2H3,(H,29,33)(H,28,31,32)/b27-15-. The largest absolute Gasteiger partial charge is 0.493 e. The van der Waals surface area contributed by atoms with Crippen LogP contribution in [-0.4, -0.2) is 41.3 Å². The molecule has 37 heavy (non-hydrogen) atoms. The lowest BCUT2D eigenvalue weighted by Crippen LogP contribution is -2.32. The number of nitrogens with zero attached hydrogens (tertiary/aromatic N) is 3. The number of aromatic nitrogens is 2. The zero-order valence-electron chi connectivity index (χ0n) is 19.8. The lowest BCUT2D eigenvalue weighted by atomic mass is 10.1. The minimum absolute atomic E-state index is 0.184. The number of carbonyl (C=O) groups excluding carboxylic acids is 3. The quantitative estimate of drug-likeness (QED) is 0.126. The lowest BCUT2D eigenvalue weighted by molar-refractivity contribution is -0.136. The highest BCUT2D eigenvalue weighted by Gasteiger charge is 2.16. The van der Waals surface area contributed by atoms with Gasteiger partial charge in [-0.25, -0.2) is 10.2 Å². The molecule has 0 spiro atoms. The maximum Gasteiger partial charge on any atom is 0.343 e. The Kier molecular flexibility index (Phi) is 7.96. The number of benzene rings is 3. The summed E-state index contributed by atoms with van der Waals surface area (Å²) in [7, 11) is 1.43. The fourth-order valence-electron chi connectivity index (χ4n) is 3.04. The lowest BCUT2D eigenvalue weighted by Gasteiger charge is -2.10. The van der Waals surface area contributed by atoms with Gasteiger partial charge in [-0.2, -0.15) is 5.10 Å². The average molecular weight is 516 g/mol. The van der Waals surface area contributed by atoms with Crippen molar-refractivity contribution in [2.45, 2.75) is 6.92 Å². The van der Waals surface area contributed by atoms with E-state index in [0.717, 1.165) is 22.5 Å². The molecule has 186 valence electrons. The predicted octanol–water partition coefficient (Wildman–Crippen LogP) is 3.83. The highest BCUT2D eigenvalue weighted by molar-refractivity contribution is 7.18. The number of aryl methyl sites for hydroxylation is 1. The molecule has 1 aromatic heterocycles. The third kappa shape index (κ3) is 6.61. The molecule has 0 saturated heterocycles. The fourth-order valence-corrected chi connectivity index (χ4v) is 3.78. The van der Waals surface area contributed by atoms with E-state index >= 15 is 0 Å². The number of nitrogens with one attached hydrogen (secondary N) is 2. The van der Waals surface area contributed by atoms with Crippen LogP contribution in [0, 0.1) is 6.92 Å². The second-order valence-electron chi connectivity index (χ2n) is 7.60. The smallest absolute Gasteiger partial charge is 0.343 e. The summed E-state index contributed by atoms with van der Waals surface area (Å²) in [6.45, 7) is 1.92. The number of rotatable bonds is 7. The Hall–Kier alpha value is -4.90. The van der Waals surface area contributed by atoms with Crippen LogP contribution in [0.1, 0.15) is 21.5 Å². The van der Waals surface area contributed by atoms with Crippen LogP contribution in [0.25, 0.3) is 10.6 Å². The average Bonchev–Trinajstić information content (AvgIpc) is 3.38. The number of hydrogen-bond acceptors (Lipinski definition) is 9. The van der Waals surface area contributed by atoms with Crippen molar-refractivity contribution in [2.24, 2.45) is 5.10 Å². The first-order valence-electron chi connectivity index (χ1n) is 10.9. The number of ether oxygens (including phenoxy) is 2. The first kappa shape index (κ1) is 25.2. The molecule has 0 aliphatic heterocycles. The minimum Gasteiger partial charge on any atom is -0.493 e. The van der Waals surface area contributed by atoms with Gasteiger partial charge in [0.15, 0.2) is 11.5 Å². The molecule has 1 heterocycles. The molecule has 3 aromatic carbocycles. The Morgan fingerprint density at radius 1 is 0.919 bits per heavy atom. The number of anilines is 1. The molecule has 0 saturated carbocycles. The molecular formula is C26H21N5O5S. The maximum atomic E-state index is 12.4. The number of amides is 2. The summed E-state index contributed by atoms with van der Waals surface area (Å²) in [5, 5.41) is 14.9. The molecule has 0 fully saturated rings. The van der Waals surface area contributed by atoms with Gasteiger partial charge in [0, 0.05) is 5.56 Å². The maximum absolute atomic E-state index is 12.4. The third-order valence-corrected chi connectivity index (χ3v) is 5.82. The summed E-state index contributed by atoms with van der Waals surface area (Å²) in [5.74, 6) is -1.93. The van der Waals surface area contributed by atoms with Crippen LogP contribution in [0.2, 0.25) is 0 Å². The highest BCUT2D eigenvalue weighted by atomic mass is 32.1. The van der Waals surface area contributed by atoms with Gasteiger partial charge in [0.05, 0.1) is 18.9 Å². The Balaban J connectivity index is 1.33. The van der Waals surface area contributed by atoms with E-state index in [2.05, 4.69) is 26.0 Å². The Morgan fingerprint density at radius 2 is 1.68 bits per heavy atom. The molecule has 0 aliphatic rings. The van der Waals surface area contributed by atoms with Crippen LogP contribution < -0.4 is 20.2 Å². The third-order valence-electron chi connectivity index (χ3n) is 4.93. The molecule has 4 rings (SSSR count). The molecule has 10 nitrogen and oxygen atoms in total. The van der Waals surface area contributed by atoms with Gasteiger partial charge in [-0.15, -0.1) is 10.2 Å². The van der Waals surface area contributed by atoms with Gasteiger partial charge < -0.3 is 9.47 Å². The number of esters is 1. The zero-order valence-corrected chi connectivity index (χ0v) is 20.6. The predicted molar refractivity (Wildman–Crippen MR) is 139 cm³/mol. The van der Waals surface area contributed by atoms with E-state index in [1.165, 1.54) is 13.3 Å². The number of carbonyl (C=O) groups is 3. The van der Waals surface area contributed by atoms with E-state index in [4.69, 9.17) is 9.47 Å². The van der Waals surface area contributed by atoms with Crippen molar-refractivity contribution in [3.63, 3.8) is 0 Å². The number of hydrogen-bond donors (Lipinski definition) is 2. The van der Waals surface area contributed by atoms with Gasteiger partial charge in [-0.05, 0) is 42.8 Å². The number of hydrazone groups is 1. The number of methoxy groups -OCH3 is 1. The van der Waals surface area contributed by atoms with Crippen LogP contribution in [0.3, 0.4) is 0 Å². The fraction of sp³-hybridized carbons (Fsp3) is 0.0769. The Labute approximate surface area is 216 Å². The summed E-state index contributed by atoms with van der Waals surface area (Å²) >= 11 is 1.14. The van der Waals surface area contributed by atoms with E-state index in [1.807, 2.05) is 49.4 Å². The van der Waals surface area contributed by atoms with Gasteiger partial charge in [-0.3, -0.25) is 14.9 Å². The molecular weight excluding hydrogens is 494 g/mol. The zero-order chi connectivity index (χ0) is 26.2. The second-order valence-corrected chi connectivity index (χ2v) is 8.58. The van der Waals surface area contributed by atoms with Crippen LogP contribution in [0.4, 0.5) is 5.13 Å². The molecule has 0 bridgehead atoms. The van der Waals surface area contributed by atoms with Crippen molar-refractivity contribution in [1.29, 1.82) is 0 Å². The molecule has 0 unspecified atom stereocenters. The molecule has 0 aliphatic carbocycles. The Bertz CT molecular complexity index is 1450. The first-order chi connectivity index (χ1) is 17.9. The van der Waals surface area contributed by atoms with Gasteiger partial charge >= 0.3 is 17.8 Å². The van der Waals surface area contributed by atoms with Crippen molar-refractivity contribution in [3.05, 3.63) is 89.5 Å². The summed E-state index contributed by atoms with van der Waals surface area (Å²) in [5.41, 5.74) is 4.96. The molecule has 0 radical (unpaired) electrons. The van der Waals surface area contributed by atoms with Crippen LogP contribution in [0.5, 0.6) is 11.5 Å². The van der Waals surface area contributed by atoms with E-state index in [9.17, 15) is 14.4 Å². The van der Waals surface area contributed by atoms with Crippen molar-refractivity contribution in [2.75, 3.05) is 12.4 Å². The van der Waals surface area contributed by atoms with Crippen molar-refractivity contribution >= 4 is 40.5 Å². The normalized spacial score (nSPS) is 10.6. The molecule has 2 N–H and O–H groups in total. The van der Waals surface area contributed by atoms with E-state index in [0.29, 0.717) is 21.9 Å². The molecule has 0 atom stereocenters. The van der Waals surface area contributed by atoms with E-state index in [-0.39, 0.29) is 10.9 Å². The molecule has 4 aromatic rings. The molecule has 2 amide bonds. The summed E-state index contributed by atoms with van der Waals surface area (Å²) in [6.07, 6.45) is 1.32. The minimum atomic E-state index is -0.983. The van der Waals surface area contributed by atoms with Gasteiger partial charge in [-0.1, -0.05) is 59.4 Å². The van der Waals surface area contributed by atoms with Crippen molar-refractivity contribution in [1.82, 2.24) is 15.6 Å². The molecule has 11 heteroatoms. The highest BCUT2D eigenvalue weighted by Crippen LogP contribution is 2.28. The van der Waals surface area contributed by atoms with Gasteiger partial charge in [0.1, 0.15) is 5.01 Å². The van der Waals surface area contributed by atoms with Gasteiger partial charge in [0.25, 0.3) is 0 Å². The topological polar surface area (TPSA) is 132 Å². The monoisotopic (exact) mass is 515 g/mol. The summed E-state index contributed by atoms with van der Waals surface area (Å²) in [6, 6.07) is 21.0. The first-order valence-corrected chi connectivity index (χ1v) is 11.7. The second kappa shape index (κ2) is 11.7. The Morgan fingerprint density at radius 3 is 2.41 bits per heavy atom. The summed E-state index contributed by atoms with van der Waals surface area (Å²) < 4.78 is 10.7. The van der Waals surface area contributed by atoms with E-state index < -0.39 is 17.8 Å². The van der Waals surface area contributed by atoms with Crippen molar-refractivity contribution in [3.8, 4) is 22.1 Å². The summed E-state index contributed by atoms with van der Waals surface area (Å²) in [4.78, 5) is 36.7.